The second kappa shape index (κ2) is 7.99. The van der Waals surface area contributed by atoms with Crippen LogP contribution in [0.3, 0.4) is 0 Å². The molecule has 6 nitrogen and oxygen atoms in total. The molecular weight excluding hydrogens is 489 g/mol. The van der Waals surface area contributed by atoms with Gasteiger partial charge in [-0.3, -0.25) is 9.62 Å². The van der Waals surface area contributed by atoms with E-state index in [0.29, 0.717) is 19.1 Å². The molecule has 2 aromatic rings. The lowest BCUT2D eigenvalue weighted by molar-refractivity contribution is -0.115. The maximum atomic E-state index is 15.2. The van der Waals surface area contributed by atoms with Crippen molar-refractivity contribution < 1.29 is 21.6 Å². The lowest BCUT2D eigenvalue weighted by Gasteiger charge is -2.62. The Labute approximate surface area is 202 Å². The van der Waals surface area contributed by atoms with Crippen LogP contribution in [0.25, 0.3) is 0 Å². The molecule has 11 heteroatoms. The monoisotopic (exact) mass is 514 g/mol. The molecule has 1 aromatic carbocycles. The highest BCUT2D eigenvalue weighted by Crippen LogP contribution is 2.55. The molecule has 5 rings (SSSR count). The number of nitrogens with zero attached hydrogens (tertiary/aromatic N) is 3. The van der Waals surface area contributed by atoms with Gasteiger partial charge >= 0.3 is 0 Å². The van der Waals surface area contributed by atoms with E-state index < -0.39 is 43.3 Å². The van der Waals surface area contributed by atoms with Gasteiger partial charge in [0.25, 0.3) is 10.0 Å². The fourth-order valence-electron chi connectivity index (χ4n) is 5.71. The molecule has 0 bridgehead atoms. The van der Waals surface area contributed by atoms with Crippen LogP contribution in [0.2, 0.25) is 5.02 Å². The van der Waals surface area contributed by atoms with Crippen molar-refractivity contribution >= 4 is 33.1 Å². The molecule has 1 saturated carbocycles. The van der Waals surface area contributed by atoms with Crippen molar-refractivity contribution in [2.75, 3.05) is 29.3 Å². The molecule has 0 unspecified atom stereocenters. The Balaban J connectivity index is 1.41. The Hall–Kier alpha value is -2.04. The smallest absolute Gasteiger partial charge is 0.268 e. The molecule has 3 heterocycles. The lowest BCUT2D eigenvalue weighted by Crippen LogP contribution is -2.68. The molecule has 1 aromatic heterocycles. The molecule has 34 heavy (non-hydrogen) atoms. The fourth-order valence-corrected chi connectivity index (χ4v) is 7.18. The summed E-state index contributed by atoms with van der Waals surface area (Å²) in [6.07, 6.45) is 4.18. The number of halogens is 4. The van der Waals surface area contributed by atoms with Crippen molar-refractivity contribution in [2.24, 2.45) is 5.41 Å². The van der Waals surface area contributed by atoms with Crippen LogP contribution in [0.5, 0.6) is 0 Å². The third-order valence-corrected chi connectivity index (χ3v) is 9.54. The molecular formula is C23H26ClF3N4O2S. The van der Waals surface area contributed by atoms with Crippen LogP contribution in [0.15, 0.2) is 29.2 Å². The van der Waals surface area contributed by atoms with Crippen molar-refractivity contribution in [3.63, 3.8) is 0 Å². The first kappa shape index (κ1) is 23.7. The Kier molecular flexibility index (Phi) is 5.57. The van der Waals surface area contributed by atoms with E-state index >= 15 is 8.78 Å². The Morgan fingerprint density at radius 2 is 1.91 bits per heavy atom. The van der Waals surface area contributed by atoms with Crippen molar-refractivity contribution in [1.29, 1.82) is 0 Å². The molecule has 3 fully saturated rings. The summed E-state index contributed by atoms with van der Waals surface area (Å²) in [6.45, 7) is 6.73. The zero-order chi connectivity index (χ0) is 24.5. The summed E-state index contributed by atoms with van der Waals surface area (Å²) in [7, 11) is -4.74. The summed E-state index contributed by atoms with van der Waals surface area (Å²) in [5.74, 6) is -3.98. The van der Waals surface area contributed by atoms with Crippen LogP contribution in [0.4, 0.5) is 24.7 Å². The minimum Gasteiger partial charge on any atom is -0.370 e. The van der Waals surface area contributed by atoms with Crippen LogP contribution < -0.4 is 9.62 Å². The Morgan fingerprint density at radius 1 is 1.15 bits per heavy atom. The third-order valence-electron chi connectivity index (χ3n) is 7.79. The van der Waals surface area contributed by atoms with Gasteiger partial charge in [0.1, 0.15) is 16.7 Å². The summed E-state index contributed by atoms with van der Waals surface area (Å²) in [5.41, 5.74) is 0.356. The average molecular weight is 515 g/mol. The number of hydrogen-bond donors (Lipinski definition) is 1. The maximum absolute atomic E-state index is 15.2. The number of aromatic nitrogens is 1. The Morgan fingerprint density at radius 3 is 2.50 bits per heavy atom. The van der Waals surface area contributed by atoms with Gasteiger partial charge in [0.15, 0.2) is 10.7 Å². The van der Waals surface area contributed by atoms with Gasteiger partial charge in [-0.25, -0.2) is 22.2 Å². The number of benzene rings is 1. The number of likely N-dealkylation sites (tertiary alicyclic amines) is 1. The van der Waals surface area contributed by atoms with E-state index in [0.717, 1.165) is 44.4 Å². The predicted octanol–water partition coefficient (Wildman–Crippen LogP) is 4.80. The number of nitrogens with one attached hydrogen (secondary N) is 1. The van der Waals surface area contributed by atoms with E-state index in [1.807, 2.05) is 9.62 Å². The second-order valence-corrected chi connectivity index (χ2v) is 12.1. The van der Waals surface area contributed by atoms with Gasteiger partial charge in [0.05, 0.1) is 5.69 Å². The summed E-state index contributed by atoms with van der Waals surface area (Å²) in [4.78, 5) is 6.54. The molecule has 0 radical (unpaired) electrons. The normalized spacial score (nSPS) is 26.4. The Bertz CT molecular complexity index is 1260. The predicted molar refractivity (Wildman–Crippen MR) is 124 cm³/mol. The van der Waals surface area contributed by atoms with Crippen LogP contribution in [-0.2, 0) is 10.0 Å². The second-order valence-electron chi connectivity index (χ2n) is 10.1. The highest BCUT2D eigenvalue weighted by molar-refractivity contribution is 7.92. The first-order chi connectivity index (χ1) is 15.9. The molecule has 0 amide bonds. The SMILES string of the molecule is CC1(C)CCN1[C@H]1CC[C@@]12CCN(c1cc(F)c(S(=O)(=O)Nc3cccc(F)n3)c(F)c1Cl)C2. The lowest BCUT2D eigenvalue weighted by atomic mass is 9.61. The van der Waals surface area contributed by atoms with Crippen molar-refractivity contribution in [3.8, 4) is 0 Å². The summed E-state index contributed by atoms with van der Waals surface area (Å²) in [5, 5.41) is -0.453. The first-order valence-electron chi connectivity index (χ1n) is 11.3. The van der Waals surface area contributed by atoms with E-state index in [1.54, 1.807) is 0 Å². The van der Waals surface area contributed by atoms with Crippen LogP contribution in [0.1, 0.15) is 39.5 Å². The highest BCUT2D eigenvalue weighted by atomic mass is 35.5. The third kappa shape index (κ3) is 3.74. The van der Waals surface area contributed by atoms with Gasteiger partial charge in [-0.05, 0) is 51.7 Å². The van der Waals surface area contributed by atoms with Crippen LogP contribution in [0, 0.1) is 23.0 Å². The van der Waals surface area contributed by atoms with Gasteiger partial charge in [0.2, 0.25) is 5.95 Å². The molecule has 2 atom stereocenters. The maximum Gasteiger partial charge on any atom is 0.268 e. The summed E-state index contributed by atoms with van der Waals surface area (Å²) < 4.78 is 70.8. The number of anilines is 2. The van der Waals surface area contributed by atoms with E-state index in [1.165, 1.54) is 12.1 Å². The first-order valence-corrected chi connectivity index (χ1v) is 13.1. The average Bonchev–Trinajstić information content (AvgIpc) is 3.20. The molecule has 2 aliphatic heterocycles. The van der Waals surface area contributed by atoms with Crippen molar-refractivity contribution in [2.45, 2.75) is 56.0 Å². The molecule has 1 spiro atoms. The minimum absolute atomic E-state index is 0.0450. The topological polar surface area (TPSA) is 65.5 Å². The molecule has 184 valence electrons. The number of hydrogen-bond acceptors (Lipinski definition) is 5. The largest absolute Gasteiger partial charge is 0.370 e. The minimum atomic E-state index is -4.74. The highest BCUT2D eigenvalue weighted by Gasteiger charge is 2.57. The van der Waals surface area contributed by atoms with Gasteiger partial charge < -0.3 is 4.90 Å². The molecule has 2 saturated heterocycles. The number of pyridine rings is 1. The fraction of sp³-hybridized carbons (Fsp3) is 0.522. The van der Waals surface area contributed by atoms with Gasteiger partial charge in [-0.1, -0.05) is 17.7 Å². The standard InChI is InChI=1S/C23H26ClF3N4O2S/c1-22(2)8-11-31(22)16-6-7-23(16)9-10-30(13-23)15-12-14(25)21(20(27)19(15)24)34(32,33)29-18-5-3-4-17(26)28-18/h3-5,12,16H,6-11,13H2,1-2H3,(H,28,29)/t16-,23-/m0/s1. The summed E-state index contributed by atoms with van der Waals surface area (Å²) >= 11 is 6.26. The van der Waals surface area contributed by atoms with Crippen molar-refractivity contribution in [1.82, 2.24) is 9.88 Å². The molecule has 1 aliphatic carbocycles. The van der Waals surface area contributed by atoms with E-state index in [9.17, 15) is 12.8 Å². The van der Waals surface area contributed by atoms with E-state index in [2.05, 4.69) is 23.7 Å². The molecule has 3 aliphatic rings. The summed E-state index contributed by atoms with van der Waals surface area (Å²) in [6, 6.07) is 4.81. The van der Waals surface area contributed by atoms with Gasteiger partial charge in [0, 0.05) is 42.7 Å². The molecule has 1 N–H and O–H groups in total. The van der Waals surface area contributed by atoms with Gasteiger partial charge in [-0.15, -0.1) is 0 Å². The number of sulfonamides is 1. The van der Waals surface area contributed by atoms with Crippen LogP contribution >= 0.6 is 11.6 Å². The zero-order valence-corrected chi connectivity index (χ0v) is 20.5. The zero-order valence-electron chi connectivity index (χ0n) is 18.9. The van der Waals surface area contributed by atoms with Crippen molar-refractivity contribution in [3.05, 3.63) is 46.9 Å². The quantitative estimate of drug-likeness (QED) is 0.459. The van der Waals surface area contributed by atoms with Crippen LogP contribution in [-0.4, -0.2) is 49.5 Å². The van der Waals surface area contributed by atoms with E-state index in [-0.39, 0.29) is 16.6 Å². The number of rotatable bonds is 5. The van der Waals surface area contributed by atoms with Gasteiger partial charge in [-0.2, -0.15) is 4.39 Å². The van der Waals surface area contributed by atoms with E-state index in [4.69, 9.17) is 11.6 Å².